The molecule has 0 fully saturated rings. The number of halogens is 2. The second-order valence-corrected chi connectivity index (χ2v) is 9.63. The van der Waals surface area contributed by atoms with Crippen LogP contribution in [0.3, 0.4) is 0 Å². The van der Waals surface area contributed by atoms with Crippen molar-refractivity contribution >= 4 is 51.2 Å². The average molecular weight is 627 g/mol. The monoisotopic (exact) mass is 627 g/mol. The van der Waals surface area contributed by atoms with E-state index in [1.54, 1.807) is 0 Å². The highest BCUT2D eigenvalue weighted by atomic mass is 127. The van der Waals surface area contributed by atoms with Crippen LogP contribution < -0.4 is 5.73 Å². The number of benzene rings is 3. The smallest absolute Gasteiger partial charge is 0.306 e. The van der Waals surface area contributed by atoms with Crippen molar-refractivity contribution < 1.29 is 9.53 Å². The Morgan fingerprint density at radius 1 is 0.833 bits per heavy atom. The molecule has 0 saturated carbocycles. The third kappa shape index (κ3) is 9.14. The Balaban J connectivity index is 0.000000269. The number of carbonyl (C=O) groups excluding carboxylic acids is 1. The largest absolute Gasteiger partial charge is 0.461 e. The molecule has 2 N–H and O–H groups in total. The van der Waals surface area contributed by atoms with Gasteiger partial charge in [-0.15, -0.1) is 0 Å². The van der Waals surface area contributed by atoms with Gasteiger partial charge in [0.05, 0.1) is 6.42 Å². The van der Waals surface area contributed by atoms with Crippen molar-refractivity contribution in [3.05, 3.63) is 103 Å². The summed E-state index contributed by atoms with van der Waals surface area (Å²) in [4.78, 5) is 11.8. The van der Waals surface area contributed by atoms with Crippen molar-refractivity contribution in [1.29, 1.82) is 0 Å². The minimum absolute atomic E-state index is 0.150. The van der Waals surface area contributed by atoms with E-state index in [0.717, 1.165) is 5.56 Å². The van der Waals surface area contributed by atoms with Crippen LogP contribution in [-0.2, 0) is 16.1 Å². The lowest BCUT2D eigenvalue weighted by molar-refractivity contribution is -0.145. The van der Waals surface area contributed by atoms with E-state index in [1.165, 1.54) is 18.3 Å². The fourth-order valence-electron chi connectivity index (χ4n) is 2.72. The summed E-state index contributed by atoms with van der Waals surface area (Å²) in [6.45, 7) is 4.38. The molecular formula is C25H27I2NO2. The second kappa shape index (κ2) is 13.1. The van der Waals surface area contributed by atoms with Gasteiger partial charge in [0.1, 0.15) is 6.61 Å². The third-order valence-electron chi connectivity index (χ3n) is 4.55. The number of ether oxygens (including phenoxy) is 1. The van der Waals surface area contributed by atoms with Gasteiger partial charge in [-0.25, -0.2) is 0 Å². The van der Waals surface area contributed by atoms with E-state index < -0.39 is 0 Å². The fraction of sp³-hybridized carbons (Fsp3) is 0.240. The molecule has 158 valence electrons. The van der Waals surface area contributed by atoms with E-state index in [4.69, 9.17) is 10.5 Å². The minimum atomic E-state index is -0.153. The number of esters is 1. The second-order valence-electron chi connectivity index (χ2n) is 7.14. The molecule has 0 spiro atoms. The van der Waals surface area contributed by atoms with Crippen molar-refractivity contribution in [2.75, 3.05) is 0 Å². The van der Waals surface area contributed by atoms with Crippen LogP contribution in [0.4, 0.5) is 0 Å². The molecule has 0 aliphatic carbocycles. The van der Waals surface area contributed by atoms with E-state index in [2.05, 4.69) is 93.7 Å². The molecule has 3 aromatic carbocycles. The van der Waals surface area contributed by atoms with Crippen LogP contribution in [-0.4, -0.2) is 5.97 Å². The SMILES string of the molecule is C[C@H](CC(=O)OCc1ccccc1)c1ccc(I)cc1.C[C@H](N)c1ccc(I)cc1. The number of hydrogen-bond acceptors (Lipinski definition) is 3. The molecule has 3 rings (SSSR count). The highest BCUT2D eigenvalue weighted by Crippen LogP contribution is 2.20. The Kier molecular flexibility index (Phi) is 10.8. The zero-order valence-electron chi connectivity index (χ0n) is 17.2. The lowest BCUT2D eigenvalue weighted by atomic mass is 9.98. The maximum atomic E-state index is 11.8. The zero-order chi connectivity index (χ0) is 21.9. The molecule has 0 bridgehead atoms. The van der Waals surface area contributed by atoms with Crippen LogP contribution in [0.2, 0.25) is 0 Å². The average Bonchev–Trinajstić information content (AvgIpc) is 2.74. The first-order valence-corrected chi connectivity index (χ1v) is 12.0. The molecule has 3 nitrogen and oxygen atoms in total. The fourth-order valence-corrected chi connectivity index (χ4v) is 3.44. The molecule has 2 atom stereocenters. The van der Waals surface area contributed by atoms with Gasteiger partial charge in [-0.2, -0.15) is 0 Å². The summed E-state index contributed by atoms with van der Waals surface area (Å²) in [5.41, 5.74) is 9.04. The molecule has 0 aliphatic heterocycles. The number of rotatable bonds is 6. The van der Waals surface area contributed by atoms with Crippen molar-refractivity contribution in [3.63, 3.8) is 0 Å². The van der Waals surface area contributed by atoms with Gasteiger partial charge in [-0.05, 0) is 99.0 Å². The molecule has 30 heavy (non-hydrogen) atoms. The molecule has 0 saturated heterocycles. The molecule has 0 amide bonds. The summed E-state index contributed by atoms with van der Waals surface area (Å²) >= 11 is 4.55. The summed E-state index contributed by atoms with van der Waals surface area (Å²) in [5.74, 6) is 0.0233. The summed E-state index contributed by atoms with van der Waals surface area (Å²) in [7, 11) is 0. The minimum Gasteiger partial charge on any atom is -0.461 e. The van der Waals surface area contributed by atoms with Crippen LogP contribution in [0.5, 0.6) is 0 Å². The molecule has 0 radical (unpaired) electrons. The number of carbonyl (C=O) groups is 1. The van der Waals surface area contributed by atoms with Crippen molar-refractivity contribution in [3.8, 4) is 0 Å². The predicted octanol–water partition coefficient (Wildman–Crippen LogP) is 6.84. The van der Waals surface area contributed by atoms with Gasteiger partial charge in [0.15, 0.2) is 0 Å². The molecule has 3 aromatic rings. The molecule has 0 heterocycles. The van der Waals surface area contributed by atoms with Crippen LogP contribution in [0.25, 0.3) is 0 Å². The first-order chi connectivity index (χ1) is 14.3. The first-order valence-electron chi connectivity index (χ1n) is 9.81. The first kappa shape index (κ1) is 24.8. The van der Waals surface area contributed by atoms with Crippen LogP contribution in [0.1, 0.15) is 48.9 Å². The van der Waals surface area contributed by atoms with Crippen molar-refractivity contribution in [2.45, 2.75) is 38.8 Å². The lowest BCUT2D eigenvalue weighted by Crippen LogP contribution is -2.08. The van der Waals surface area contributed by atoms with Crippen molar-refractivity contribution in [2.24, 2.45) is 5.73 Å². The standard InChI is InChI=1S/C17H17IO2.C8H10IN/c1-13(15-7-9-16(18)10-8-15)11-17(19)20-12-14-5-3-2-4-6-14;1-6(10)7-2-4-8(9)5-3-7/h2-10,13H,11-12H2,1H3;2-6H,10H2,1H3/t13-;6-/m10/s1. The van der Waals surface area contributed by atoms with Gasteiger partial charge in [0, 0.05) is 13.2 Å². The normalized spacial score (nSPS) is 12.3. The summed E-state index contributed by atoms with van der Waals surface area (Å²) in [6, 6.07) is 26.4. The molecular weight excluding hydrogens is 600 g/mol. The number of nitrogens with two attached hydrogens (primary N) is 1. The van der Waals surface area contributed by atoms with Crippen LogP contribution in [0.15, 0.2) is 78.9 Å². The quantitative estimate of drug-likeness (QED) is 0.241. The zero-order valence-corrected chi connectivity index (χ0v) is 21.5. The Labute approximate surface area is 206 Å². The summed E-state index contributed by atoms with van der Waals surface area (Å²) < 4.78 is 7.75. The predicted molar refractivity (Wildman–Crippen MR) is 140 cm³/mol. The van der Waals surface area contributed by atoms with Crippen molar-refractivity contribution in [1.82, 2.24) is 0 Å². The maximum Gasteiger partial charge on any atom is 0.306 e. The van der Waals surface area contributed by atoms with E-state index in [9.17, 15) is 4.79 Å². The Hall–Kier alpha value is -1.45. The van der Waals surface area contributed by atoms with Crippen LogP contribution >= 0.6 is 45.2 Å². The Bertz CT molecular complexity index is 895. The molecule has 0 aliphatic rings. The van der Waals surface area contributed by atoms with Gasteiger partial charge in [0.2, 0.25) is 0 Å². The van der Waals surface area contributed by atoms with Crippen LogP contribution in [0, 0.1) is 7.14 Å². The van der Waals surface area contributed by atoms with E-state index in [-0.39, 0.29) is 17.9 Å². The topological polar surface area (TPSA) is 52.3 Å². The Morgan fingerprint density at radius 2 is 1.33 bits per heavy atom. The lowest BCUT2D eigenvalue weighted by Gasteiger charge is -2.11. The third-order valence-corrected chi connectivity index (χ3v) is 5.99. The van der Waals surface area contributed by atoms with Gasteiger partial charge < -0.3 is 10.5 Å². The summed E-state index contributed by atoms with van der Waals surface area (Å²) in [6.07, 6.45) is 0.410. The van der Waals surface area contributed by atoms with Gasteiger partial charge >= 0.3 is 5.97 Å². The number of hydrogen-bond donors (Lipinski definition) is 1. The van der Waals surface area contributed by atoms with E-state index >= 15 is 0 Å². The van der Waals surface area contributed by atoms with Gasteiger partial charge in [-0.1, -0.05) is 61.5 Å². The molecule has 0 aromatic heterocycles. The maximum absolute atomic E-state index is 11.8. The van der Waals surface area contributed by atoms with Gasteiger partial charge in [0.25, 0.3) is 0 Å². The van der Waals surface area contributed by atoms with E-state index in [0.29, 0.717) is 13.0 Å². The highest BCUT2D eigenvalue weighted by Gasteiger charge is 2.12. The van der Waals surface area contributed by atoms with Gasteiger partial charge in [-0.3, -0.25) is 4.79 Å². The summed E-state index contributed by atoms with van der Waals surface area (Å²) in [5, 5.41) is 0. The Morgan fingerprint density at radius 3 is 1.83 bits per heavy atom. The molecule has 0 unspecified atom stereocenters. The molecule has 5 heteroatoms. The van der Waals surface area contributed by atoms with E-state index in [1.807, 2.05) is 44.2 Å². The highest BCUT2D eigenvalue weighted by molar-refractivity contribution is 14.1.